The summed E-state index contributed by atoms with van der Waals surface area (Å²) < 4.78 is 12.2. The van der Waals surface area contributed by atoms with Crippen molar-refractivity contribution in [1.82, 2.24) is 0 Å². The highest BCUT2D eigenvalue weighted by molar-refractivity contribution is 5.21. The molecule has 0 saturated carbocycles. The first-order valence-electron chi connectivity index (χ1n) is 7.39. The van der Waals surface area contributed by atoms with E-state index in [9.17, 15) is 0 Å². The number of nitrogens with two attached hydrogens (primary N) is 1. The van der Waals surface area contributed by atoms with Crippen molar-refractivity contribution in [3.05, 3.63) is 71.8 Å². The molecule has 1 fully saturated rings. The van der Waals surface area contributed by atoms with Gasteiger partial charge in [0.25, 0.3) is 0 Å². The average molecular weight is 283 g/mol. The zero-order valence-corrected chi connectivity index (χ0v) is 12.1. The topological polar surface area (TPSA) is 44.5 Å². The van der Waals surface area contributed by atoms with Gasteiger partial charge < -0.3 is 15.2 Å². The summed E-state index contributed by atoms with van der Waals surface area (Å²) in [5.41, 5.74) is 8.16. The van der Waals surface area contributed by atoms with E-state index < -0.39 is 5.79 Å². The van der Waals surface area contributed by atoms with Crippen LogP contribution in [0.15, 0.2) is 60.7 Å². The van der Waals surface area contributed by atoms with Gasteiger partial charge in [0.05, 0.1) is 12.7 Å². The van der Waals surface area contributed by atoms with Gasteiger partial charge in [-0.1, -0.05) is 60.7 Å². The molecule has 3 heteroatoms. The van der Waals surface area contributed by atoms with Crippen molar-refractivity contribution in [2.75, 3.05) is 13.2 Å². The Balaban J connectivity index is 1.82. The van der Waals surface area contributed by atoms with Crippen LogP contribution >= 0.6 is 0 Å². The van der Waals surface area contributed by atoms with Crippen LogP contribution in [0.4, 0.5) is 0 Å². The van der Waals surface area contributed by atoms with E-state index in [1.807, 2.05) is 36.4 Å². The number of hydrogen-bond acceptors (Lipinski definition) is 3. The van der Waals surface area contributed by atoms with Crippen LogP contribution in [-0.4, -0.2) is 25.0 Å². The van der Waals surface area contributed by atoms with E-state index in [1.54, 1.807) is 0 Å². The van der Waals surface area contributed by atoms with Crippen molar-refractivity contribution in [3.8, 4) is 0 Å². The molecule has 0 amide bonds. The first kappa shape index (κ1) is 14.3. The van der Waals surface area contributed by atoms with Gasteiger partial charge in [-0.05, 0) is 11.1 Å². The highest BCUT2D eigenvalue weighted by Crippen LogP contribution is 2.31. The predicted octanol–water partition coefficient (Wildman–Crippen LogP) is 2.54. The highest BCUT2D eigenvalue weighted by atomic mass is 16.7. The smallest absolute Gasteiger partial charge is 0.176 e. The summed E-state index contributed by atoms with van der Waals surface area (Å²) in [6.45, 7) is 1.06. The first-order valence-corrected chi connectivity index (χ1v) is 7.39. The maximum Gasteiger partial charge on any atom is 0.176 e. The average Bonchev–Trinajstić information content (AvgIpc) is 2.92. The quantitative estimate of drug-likeness (QED) is 0.917. The van der Waals surface area contributed by atoms with Crippen molar-refractivity contribution in [1.29, 1.82) is 0 Å². The van der Waals surface area contributed by atoms with Crippen LogP contribution in [0.3, 0.4) is 0 Å². The third-order valence-electron chi connectivity index (χ3n) is 3.81. The molecule has 0 aromatic heterocycles. The van der Waals surface area contributed by atoms with E-state index >= 15 is 0 Å². The summed E-state index contributed by atoms with van der Waals surface area (Å²) in [7, 11) is 0. The van der Waals surface area contributed by atoms with Gasteiger partial charge in [-0.25, -0.2) is 0 Å². The maximum atomic E-state index is 6.16. The lowest BCUT2D eigenvalue weighted by atomic mass is 9.98. The van der Waals surface area contributed by atoms with E-state index in [4.69, 9.17) is 15.2 Å². The van der Waals surface area contributed by atoms with Crippen LogP contribution < -0.4 is 5.73 Å². The molecule has 0 spiro atoms. The molecule has 3 nitrogen and oxygen atoms in total. The van der Waals surface area contributed by atoms with Gasteiger partial charge in [-0.15, -0.1) is 0 Å². The second-order valence-electron chi connectivity index (χ2n) is 5.52. The molecule has 1 aliphatic rings. The summed E-state index contributed by atoms with van der Waals surface area (Å²) in [6.07, 6.45) is 1.45. The molecule has 1 unspecified atom stereocenters. The Labute approximate surface area is 125 Å². The van der Waals surface area contributed by atoms with Gasteiger partial charge >= 0.3 is 0 Å². The standard InChI is InChI=1S/C18H21NO2/c19-13-17-14-20-18(21-17,11-15-7-3-1-4-8-15)12-16-9-5-2-6-10-16/h1-10,17H,11-14,19H2. The van der Waals surface area contributed by atoms with E-state index in [-0.39, 0.29) is 6.10 Å². The fourth-order valence-electron chi connectivity index (χ4n) is 2.79. The minimum absolute atomic E-state index is 0.0163. The second kappa shape index (κ2) is 6.39. The van der Waals surface area contributed by atoms with Gasteiger partial charge in [0.2, 0.25) is 0 Å². The fourth-order valence-corrected chi connectivity index (χ4v) is 2.79. The Kier molecular flexibility index (Phi) is 4.34. The third kappa shape index (κ3) is 3.50. The van der Waals surface area contributed by atoms with Gasteiger partial charge in [-0.3, -0.25) is 0 Å². The SMILES string of the molecule is NCC1COC(Cc2ccccc2)(Cc2ccccc2)O1. The molecule has 1 atom stereocenters. The minimum Gasteiger partial charge on any atom is -0.346 e. The highest BCUT2D eigenvalue weighted by Gasteiger charge is 2.41. The van der Waals surface area contributed by atoms with Crippen molar-refractivity contribution in [3.63, 3.8) is 0 Å². The largest absolute Gasteiger partial charge is 0.346 e. The van der Waals surface area contributed by atoms with Gasteiger partial charge in [0, 0.05) is 19.4 Å². The van der Waals surface area contributed by atoms with Crippen LogP contribution in [0.25, 0.3) is 0 Å². The van der Waals surface area contributed by atoms with Crippen LogP contribution in [0.2, 0.25) is 0 Å². The number of benzene rings is 2. The summed E-state index contributed by atoms with van der Waals surface area (Å²) in [4.78, 5) is 0. The van der Waals surface area contributed by atoms with Gasteiger partial charge in [0.15, 0.2) is 5.79 Å². The molecule has 2 N–H and O–H groups in total. The maximum absolute atomic E-state index is 6.16. The molecule has 1 heterocycles. The molecule has 3 rings (SSSR count). The van der Waals surface area contributed by atoms with Gasteiger partial charge in [0.1, 0.15) is 0 Å². The molecule has 21 heavy (non-hydrogen) atoms. The van der Waals surface area contributed by atoms with E-state index in [2.05, 4.69) is 24.3 Å². The zero-order chi connectivity index (χ0) is 14.5. The first-order chi connectivity index (χ1) is 10.3. The molecule has 2 aromatic carbocycles. The van der Waals surface area contributed by atoms with Crippen LogP contribution in [0.1, 0.15) is 11.1 Å². The number of hydrogen-bond donors (Lipinski definition) is 1. The lowest BCUT2D eigenvalue weighted by Gasteiger charge is -2.28. The number of rotatable bonds is 5. The molecule has 0 radical (unpaired) electrons. The van der Waals surface area contributed by atoms with E-state index in [0.717, 1.165) is 12.8 Å². The lowest BCUT2D eigenvalue weighted by Crippen LogP contribution is -2.37. The van der Waals surface area contributed by atoms with Crippen LogP contribution in [-0.2, 0) is 22.3 Å². The minimum atomic E-state index is -0.604. The lowest BCUT2D eigenvalue weighted by molar-refractivity contribution is -0.165. The molecule has 2 aromatic rings. The van der Waals surface area contributed by atoms with Crippen molar-refractivity contribution >= 4 is 0 Å². The van der Waals surface area contributed by atoms with Crippen molar-refractivity contribution in [2.24, 2.45) is 5.73 Å². The normalized spacial score (nSPS) is 20.5. The molecule has 1 saturated heterocycles. The Bertz CT molecular complexity index is 514. The van der Waals surface area contributed by atoms with Gasteiger partial charge in [-0.2, -0.15) is 0 Å². The fraction of sp³-hybridized carbons (Fsp3) is 0.333. The zero-order valence-electron chi connectivity index (χ0n) is 12.1. The third-order valence-corrected chi connectivity index (χ3v) is 3.81. The summed E-state index contributed by atoms with van der Waals surface area (Å²) in [5, 5.41) is 0. The van der Waals surface area contributed by atoms with Crippen LogP contribution in [0, 0.1) is 0 Å². The van der Waals surface area contributed by atoms with Crippen molar-refractivity contribution < 1.29 is 9.47 Å². The van der Waals surface area contributed by atoms with Crippen molar-refractivity contribution in [2.45, 2.75) is 24.7 Å². The Morgan fingerprint density at radius 1 is 0.905 bits per heavy atom. The molecular formula is C18H21NO2. The Morgan fingerprint density at radius 2 is 1.43 bits per heavy atom. The predicted molar refractivity (Wildman–Crippen MR) is 82.9 cm³/mol. The monoisotopic (exact) mass is 283 g/mol. The number of ether oxygens (including phenoxy) is 2. The molecule has 110 valence electrons. The van der Waals surface area contributed by atoms with E-state index in [0.29, 0.717) is 13.2 Å². The molecular weight excluding hydrogens is 262 g/mol. The summed E-state index contributed by atoms with van der Waals surface area (Å²) in [6, 6.07) is 20.6. The van der Waals surface area contributed by atoms with Crippen LogP contribution in [0.5, 0.6) is 0 Å². The molecule has 1 aliphatic heterocycles. The molecule has 0 aliphatic carbocycles. The Morgan fingerprint density at radius 3 is 1.86 bits per heavy atom. The Hall–Kier alpha value is -1.68. The molecule has 0 bridgehead atoms. The second-order valence-corrected chi connectivity index (χ2v) is 5.52. The summed E-state index contributed by atoms with van der Waals surface area (Å²) >= 11 is 0. The van der Waals surface area contributed by atoms with E-state index in [1.165, 1.54) is 11.1 Å². The summed E-state index contributed by atoms with van der Waals surface area (Å²) in [5.74, 6) is -0.604.